The molecule has 3 heteroatoms. The molecule has 0 radical (unpaired) electrons. The van der Waals surface area contributed by atoms with Crippen LogP contribution >= 0.6 is 0 Å². The van der Waals surface area contributed by atoms with Crippen molar-refractivity contribution in [1.82, 2.24) is 6.15 Å². The first kappa shape index (κ1) is 5.88. The average Bonchev–Trinajstić information content (AvgIpc) is 2.12. The van der Waals surface area contributed by atoms with Gasteiger partial charge in [-0.05, 0) is 0 Å². The number of rotatable bonds is 1. The highest BCUT2D eigenvalue weighted by molar-refractivity contribution is 4.65. The van der Waals surface area contributed by atoms with Crippen LogP contribution in [0.25, 0.3) is 0 Å². The number of ether oxygens (including phenoxy) is 1. The zero-order valence-electron chi connectivity index (χ0n) is 3.55. The first-order valence-corrected chi connectivity index (χ1v) is 1.66. The lowest BCUT2D eigenvalue weighted by Crippen LogP contribution is -1.88. The number of hydrogen-bond donors (Lipinski definition) is 2. The zero-order valence-corrected chi connectivity index (χ0v) is 3.55. The van der Waals surface area contributed by atoms with Crippen molar-refractivity contribution in [1.29, 1.82) is 0 Å². The Balaban J connectivity index is 0.000000250. The Labute approximate surface area is 36.5 Å². The monoisotopic (exact) mass is 91.1 g/mol. The second-order valence-corrected chi connectivity index (χ2v) is 1.14. The Hall–Kier alpha value is -0.120. The SMILES string of the molecule is N.OCC1CO1. The summed E-state index contributed by atoms with van der Waals surface area (Å²) in [5.41, 5.74) is 0. The lowest BCUT2D eigenvalue weighted by atomic mass is 10.5. The molecule has 6 heavy (non-hydrogen) atoms. The van der Waals surface area contributed by atoms with E-state index >= 15 is 0 Å². The predicted octanol–water partition coefficient (Wildman–Crippen LogP) is -0.461. The van der Waals surface area contributed by atoms with E-state index in [2.05, 4.69) is 4.74 Å². The molecule has 0 bridgehead atoms. The molecule has 1 rings (SSSR count). The summed E-state index contributed by atoms with van der Waals surface area (Å²) < 4.78 is 4.61. The predicted molar refractivity (Wildman–Crippen MR) is 21.8 cm³/mol. The molecular formula is C3H9NO2. The van der Waals surface area contributed by atoms with Gasteiger partial charge in [0.25, 0.3) is 0 Å². The minimum Gasteiger partial charge on any atom is -0.394 e. The standard InChI is InChI=1S/C3H6O2.H3N/c4-1-3-2-5-3;/h3-4H,1-2H2;1H3. The summed E-state index contributed by atoms with van der Waals surface area (Å²) in [6, 6.07) is 0. The Morgan fingerprint density at radius 1 is 1.83 bits per heavy atom. The van der Waals surface area contributed by atoms with Gasteiger partial charge in [-0.3, -0.25) is 0 Å². The van der Waals surface area contributed by atoms with E-state index in [-0.39, 0.29) is 18.9 Å². The summed E-state index contributed by atoms with van der Waals surface area (Å²) in [5.74, 6) is 0. The third-order valence-corrected chi connectivity index (χ3v) is 0.606. The van der Waals surface area contributed by atoms with Gasteiger partial charge in [-0.25, -0.2) is 0 Å². The maximum atomic E-state index is 8.08. The van der Waals surface area contributed by atoms with Gasteiger partial charge in [0.15, 0.2) is 0 Å². The van der Waals surface area contributed by atoms with Crippen LogP contribution in [0.15, 0.2) is 0 Å². The van der Waals surface area contributed by atoms with E-state index in [0.29, 0.717) is 0 Å². The average molecular weight is 91.1 g/mol. The van der Waals surface area contributed by atoms with E-state index in [1.54, 1.807) is 0 Å². The first-order chi connectivity index (χ1) is 2.43. The van der Waals surface area contributed by atoms with Crippen molar-refractivity contribution in [2.24, 2.45) is 0 Å². The van der Waals surface area contributed by atoms with Crippen LogP contribution in [0.1, 0.15) is 0 Å². The van der Waals surface area contributed by atoms with Crippen LogP contribution < -0.4 is 6.15 Å². The minimum atomic E-state index is 0. The molecule has 0 amide bonds. The van der Waals surface area contributed by atoms with Gasteiger partial charge in [0.05, 0.1) is 13.2 Å². The largest absolute Gasteiger partial charge is 0.394 e. The van der Waals surface area contributed by atoms with Crippen LogP contribution in [0, 0.1) is 0 Å². The number of epoxide rings is 1. The molecule has 1 atom stereocenters. The summed E-state index contributed by atoms with van der Waals surface area (Å²) in [6.07, 6.45) is 0.190. The molecule has 0 aromatic carbocycles. The van der Waals surface area contributed by atoms with Gasteiger partial charge in [-0.2, -0.15) is 0 Å². The summed E-state index contributed by atoms with van der Waals surface area (Å²) in [6.45, 7) is 0.955. The molecule has 3 nitrogen and oxygen atoms in total. The molecule has 0 saturated carbocycles. The molecule has 0 spiro atoms. The van der Waals surface area contributed by atoms with Crippen LogP contribution in [-0.4, -0.2) is 24.4 Å². The number of aliphatic hydroxyl groups is 1. The molecule has 1 aliphatic rings. The molecule has 0 aliphatic carbocycles. The third kappa shape index (κ3) is 1.35. The summed E-state index contributed by atoms with van der Waals surface area (Å²) >= 11 is 0. The highest BCUT2D eigenvalue weighted by atomic mass is 16.6. The molecule has 1 saturated heterocycles. The van der Waals surface area contributed by atoms with E-state index in [1.807, 2.05) is 0 Å². The molecular weight excluding hydrogens is 82.0 g/mol. The molecule has 0 aromatic heterocycles. The molecule has 4 N–H and O–H groups in total. The van der Waals surface area contributed by atoms with Crippen LogP contribution in [0.2, 0.25) is 0 Å². The van der Waals surface area contributed by atoms with Gasteiger partial charge in [0.2, 0.25) is 0 Å². The molecule has 1 fully saturated rings. The summed E-state index contributed by atoms with van der Waals surface area (Å²) in [5, 5.41) is 8.08. The Morgan fingerprint density at radius 2 is 2.33 bits per heavy atom. The van der Waals surface area contributed by atoms with Gasteiger partial charge >= 0.3 is 0 Å². The topological polar surface area (TPSA) is 67.8 Å². The Kier molecular flexibility index (Phi) is 2.08. The highest BCUT2D eigenvalue weighted by Crippen LogP contribution is 2.04. The summed E-state index contributed by atoms with van der Waals surface area (Å²) in [4.78, 5) is 0. The lowest BCUT2D eigenvalue weighted by Gasteiger charge is -1.70. The molecule has 0 aromatic rings. The fourth-order valence-corrected chi connectivity index (χ4v) is 0.173. The number of aliphatic hydroxyl groups excluding tert-OH is 1. The van der Waals surface area contributed by atoms with Crippen LogP contribution in [-0.2, 0) is 4.74 Å². The Bertz CT molecular complexity index is 35.8. The first-order valence-electron chi connectivity index (χ1n) is 1.66. The molecule has 38 valence electrons. The van der Waals surface area contributed by atoms with Crippen LogP contribution in [0.5, 0.6) is 0 Å². The smallest absolute Gasteiger partial charge is 0.104 e. The van der Waals surface area contributed by atoms with E-state index in [9.17, 15) is 0 Å². The van der Waals surface area contributed by atoms with Crippen LogP contribution in [0.3, 0.4) is 0 Å². The maximum absolute atomic E-state index is 8.08. The van der Waals surface area contributed by atoms with Crippen molar-refractivity contribution in [2.75, 3.05) is 13.2 Å². The fraction of sp³-hybridized carbons (Fsp3) is 1.00. The lowest BCUT2D eigenvalue weighted by molar-refractivity contribution is 0.244. The quantitative estimate of drug-likeness (QED) is 0.429. The molecule has 1 unspecified atom stereocenters. The zero-order chi connectivity index (χ0) is 3.70. The van der Waals surface area contributed by atoms with E-state index in [4.69, 9.17) is 5.11 Å². The molecule has 1 aliphatic heterocycles. The van der Waals surface area contributed by atoms with Crippen LogP contribution in [0.4, 0.5) is 0 Å². The fourth-order valence-electron chi connectivity index (χ4n) is 0.173. The van der Waals surface area contributed by atoms with Crippen molar-refractivity contribution < 1.29 is 9.84 Å². The normalized spacial score (nSPS) is 28.5. The minimum absolute atomic E-state index is 0. The second-order valence-electron chi connectivity index (χ2n) is 1.14. The van der Waals surface area contributed by atoms with Crippen molar-refractivity contribution in [2.45, 2.75) is 6.10 Å². The van der Waals surface area contributed by atoms with E-state index < -0.39 is 0 Å². The van der Waals surface area contributed by atoms with Crippen molar-refractivity contribution in [3.63, 3.8) is 0 Å². The second kappa shape index (κ2) is 2.12. The maximum Gasteiger partial charge on any atom is 0.104 e. The van der Waals surface area contributed by atoms with Crippen molar-refractivity contribution in [3.8, 4) is 0 Å². The van der Waals surface area contributed by atoms with Gasteiger partial charge in [-0.15, -0.1) is 0 Å². The Morgan fingerprint density at radius 3 is 2.33 bits per heavy atom. The molecule has 1 heterocycles. The van der Waals surface area contributed by atoms with Gasteiger partial charge in [0.1, 0.15) is 6.10 Å². The van der Waals surface area contributed by atoms with Crippen molar-refractivity contribution >= 4 is 0 Å². The van der Waals surface area contributed by atoms with E-state index in [0.717, 1.165) is 6.61 Å². The van der Waals surface area contributed by atoms with Gasteiger partial charge in [-0.1, -0.05) is 0 Å². The van der Waals surface area contributed by atoms with Gasteiger partial charge in [0, 0.05) is 0 Å². The summed E-state index contributed by atoms with van der Waals surface area (Å²) in [7, 11) is 0. The number of hydrogen-bond acceptors (Lipinski definition) is 3. The van der Waals surface area contributed by atoms with Gasteiger partial charge < -0.3 is 16.0 Å². The van der Waals surface area contributed by atoms with E-state index in [1.165, 1.54) is 0 Å². The third-order valence-electron chi connectivity index (χ3n) is 0.606. The highest BCUT2D eigenvalue weighted by Gasteiger charge is 2.19. The van der Waals surface area contributed by atoms with Crippen molar-refractivity contribution in [3.05, 3.63) is 0 Å².